The van der Waals surface area contributed by atoms with Gasteiger partial charge in [0.05, 0.1) is 0 Å². The normalized spacial score (nSPS) is 20.4. The number of hydrogen-bond donors (Lipinski definition) is 1. The van der Waals surface area contributed by atoms with Crippen molar-refractivity contribution in [2.45, 2.75) is 32.7 Å². The summed E-state index contributed by atoms with van der Waals surface area (Å²) in [5.41, 5.74) is 2.74. The van der Waals surface area contributed by atoms with Gasteiger partial charge in [-0.05, 0) is 68.3 Å². The van der Waals surface area contributed by atoms with Crippen molar-refractivity contribution in [1.82, 2.24) is 9.88 Å². The van der Waals surface area contributed by atoms with Gasteiger partial charge in [0.1, 0.15) is 0 Å². The highest BCUT2D eigenvalue weighted by molar-refractivity contribution is 5.80. The Kier molecular flexibility index (Phi) is 3.37. The first-order chi connectivity index (χ1) is 8.83. The van der Waals surface area contributed by atoms with Crippen LogP contribution in [0.3, 0.4) is 0 Å². The Hall–Kier alpha value is -1.28. The Morgan fingerprint density at radius 3 is 3.11 bits per heavy atom. The fourth-order valence-electron chi connectivity index (χ4n) is 2.98. The summed E-state index contributed by atoms with van der Waals surface area (Å²) in [5, 5.41) is 4.87. The fourth-order valence-corrected chi connectivity index (χ4v) is 2.98. The van der Waals surface area contributed by atoms with Crippen LogP contribution < -0.4 is 5.32 Å². The average molecular weight is 242 g/mol. The number of hydrogen-bond acceptors (Lipinski definition) is 1. The van der Waals surface area contributed by atoms with Crippen molar-refractivity contribution in [2.75, 3.05) is 13.1 Å². The van der Waals surface area contributed by atoms with Crippen molar-refractivity contribution < 1.29 is 0 Å². The number of aryl methyl sites for hydroxylation is 2. The molecule has 1 unspecified atom stereocenters. The summed E-state index contributed by atoms with van der Waals surface area (Å²) in [6.07, 6.45) is 6.27. The third kappa shape index (κ3) is 2.44. The van der Waals surface area contributed by atoms with E-state index in [1.54, 1.807) is 0 Å². The Bertz CT molecular complexity index is 521. The van der Waals surface area contributed by atoms with E-state index >= 15 is 0 Å². The summed E-state index contributed by atoms with van der Waals surface area (Å²) in [6, 6.07) is 8.95. The van der Waals surface area contributed by atoms with Crippen LogP contribution in [0.25, 0.3) is 10.9 Å². The van der Waals surface area contributed by atoms with Crippen LogP contribution in [-0.4, -0.2) is 17.7 Å². The third-order valence-electron chi connectivity index (χ3n) is 4.11. The molecule has 1 fully saturated rings. The van der Waals surface area contributed by atoms with E-state index in [2.05, 4.69) is 47.3 Å². The molecule has 0 spiro atoms. The molecule has 0 amide bonds. The van der Waals surface area contributed by atoms with Crippen molar-refractivity contribution >= 4 is 10.9 Å². The minimum atomic E-state index is 0.862. The van der Waals surface area contributed by atoms with Crippen LogP contribution in [0.4, 0.5) is 0 Å². The van der Waals surface area contributed by atoms with Gasteiger partial charge in [-0.1, -0.05) is 12.1 Å². The molecular formula is C16H22N2. The second kappa shape index (κ2) is 5.15. The van der Waals surface area contributed by atoms with E-state index in [1.165, 1.54) is 48.8 Å². The molecule has 1 aliphatic rings. The van der Waals surface area contributed by atoms with Crippen molar-refractivity contribution in [2.24, 2.45) is 5.92 Å². The van der Waals surface area contributed by atoms with Gasteiger partial charge in [0, 0.05) is 18.3 Å². The molecule has 2 heteroatoms. The first-order valence-electron chi connectivity index (χ1n) is 7.09. The molecule has 2 aromatic rings. The largest absolute Gasteiger partial charge is 0.347 e. The van der Waals surface area contributed by atoms with Gasteiger partial charge in [-0.15, -0.1) is 0 Å². The topological polar surface area (TPSA) is 17.0 Å². The molecule has 1 atom stereocenters. The van der Waals surface area contributed by atoms with Crippen molar-refractivity contribution in [1.29, 1.82) is 0 Å². The Balaban J connectivity index is 1.72. The molecule has 1 N–H and O–H groups in total. The summed E-state index contributed by atoms with van der Waals surface area (Å²) < 4.78 is 2.41. The summed E-state index contributed by atoms with van der Waals surface area (Å²) in [6.45, 7) is 5.74. The van der Waals surface area contributed by atoms with Gasteiger partial charge in [0.2, 0.25) is 0 Å². The van der Waals surface area contributed by atoms with Crippen LogP contribution in [0.15, 0.2) is 30.5 Å². The monoisotopic (exact) mass is 242 g/mol. The second-order valence-corrected chi connectivity index (χ2v) is 5.57. The standard InChI is InChI=1S/C16H22N2/c1-13-4-5-15-7-10-18(16(15)11-13)9-6-14-3-2-8-17-12-14/h4-5,7,10-11,14,17H,2-3,6,8-9,12H2,1H3. The molecule has 0 saturated carbocycles. The van der Waals surface area contributed by atoms with E-state index in [-0.39, 0.29) is 0 Å². The lowest BCUT2D eigenvalue weighted by Crippen LogP contribution is -2.30. The average Bonchev–Trinajstić information content (AvgIpc) is 2.80. The Labute approximate surface area is 109 Å². The van der Waals surface area contributed by atoms with Gasteiger partial charge in [-0.2, -0.15) is 0 Å². The van der Waals surface area contributed by atoms with Crippen LogP contribution in [0.2, 0.25) is 0 Å². The lowest BCUT2D eigenvalue weighted by molar-refractivity contribution is 0.343. The number of benzene rings is 1. The van der Waals surface area contributed by atoms with E-state index in [1.807, 2.05) is 0 Å². The first-order valence-corrected chi connectivity index (χ1v) is 7.09. The molecule has 1 aromatic carbocycles. The highest BCUT2D eigenvalue weighted by atomic mass is 15.0. The maximum Gasteiger partial charge on any atom is 0.0482 e. The lowest BCUT2D eigenvalue weighted by atomic mass is 9.96. The maximum atomic E-state index is 3.50. The van der Waals surface area contributed by atoms with E-state index in [9.17, 15) is 0 Å². The van der Waals surface area contributed by atoms with Gasteiger partial charge in [-0.3, -0.25) is 0 Å². The number of aromatic nitrogens is 1. The third-order valence-corrected chi connectivity index (χ3v) is 4.11. The zero-order valence-electron chi connectivity index (χ0n) is 11.2. The molecule has 96 valence electrons. The molecule has 2 heterocycles. The van der Waals surface area contributed by atoms with E-state index in [4.69, 9.17) is 0 Å². The minimum absolute atomic E-state index is 0.862. The predicted molar refractivity (Wildman–Crippen MR) is 76.9 cm³/mol. The highest BCUT2D eigenvalue weighted by Gasteiger charge is 2.13. The van der Waals surface area contributed by atoms with Crippen LogP contribution in [0, 0.1) is 12.8 Å². The van der Waals surface area contributed by atoms with Crippen LogP contribution >= 0.6 is 0 Å². The van der Waals surface area contributed by atoms with Gasteiger partial charge < -0.3 is 9.88 Å². The Morgan fingerprint density at radius 2 is 2.28 bits per heavy atom. The van der Waals surface area contributed by atoms with Crippen LogP contribution in [0.5, 0.6) is 0 Å². The number of rotatable bonds is 3. The molecule has 18 heavy (non-hydrogen) atoms. The molecule has 3 rings (SSSR count). The van der Waals surface area contributed by atoms with Gasteiger partial charge in [-0.25, -0.2) is 0 Å². The van der Waals surface area contributed by atoms with E-state index < -0.39 is 0 Å². The zero-order valence-corrected chi connectivity index (χ0v) is 11.2. The summed E-state index contributed by atoms with van der Waals surface area (Å²) in [4.78, 5) is 0. The lowest BCUT2D eigenvalue weighted by Gasteiger charge is -2.22. The van der Waals surface area contributed by atoms with Crippen molar-refractivity contribution in [3.8, 4) is 0 Å². The second-order valence-electron chi connectivity index (χ2n) is 5.57. The van der Waals surface area contributed by atoms with Gasteiger partial charge in [0.15, 0.2) is 0 Å². The zero-order chi connectivity index (χ0) is 12.4. The molecule has 0 bridgehead atoms. The molecule has 1 aromatic heterocycles. The molecular weight excluding hydrogens is 220 g/mol. The number of nitrogens with one attached hydrogen (secondary N) is 1. The number of nitrogens with zero attached hydrogens (tertiary/aromatic N) is 1. The SMILES string of the molecule is Cc1ccc2ccn(CCC3CCCNC3)c2c1. The molecule has 1 aliphatic heterocycles. The van der Waals surface area contributed by atoms with E-state index in [0.717, 1.165) is 12.5 Å². The molecule has 0 radical (unpaired) electrons. The fraction of sp³-hybridized carbons (Fsp3) is 0.500. The van der Waals surface area contributed by atoms with Crippen LogP contribution in [-0.2, 0) is 6.54 Å². The van der Waals surface area contributed by atoms with Crippen LogP contribution in [0.1, 0.15) is 24.8 Å². The van der Waals surface area contributed by atoms with Gasteiger partial charge >= 0.3 is 0 Å². The molecule has 0 aliphatic carbocycles. The smallest absolute Gasteiger partial charge is 0.0482 e. The summed E-state index contributed by atoms with van der Waals surface area (Å²) in [5.74, 6) is 0.862. The van der Waals surface area contributed by atoms with E-state index in [0.29, 0.717) is 0 Å². The predicted octanol–water partition coefficient (Wildman–Crippen LogP) is 3.34. The quantitative estimate of drug-likeness (QED) is 0.873. The molecule has 1 saturated heterocycles. The molecule has 2 nitrogen and oxygen atoms in total. The van der Waals surface area contributed by atoms with Crippen molar-refractivity contribution in [3.05, 3.63) is 36.0 Å². The maximum absolute atomic E-state index is 3.50. The number of piperidine rings is 1. The van der Waals surface area contributed by atoms with Gasteiger partial charge in [0.25, 0.3) is 0 Å². The highest BCUT2D eigenvalue weighted by Crippen LogP contribution is 2.20. The van der Waals surface area contributed by atoms with Crippen molar-refractivity contribution in [3.63, 3.8) is 0 Å². The Morgan fingerprint density at radius 1 is 1.33 bits per heavy atom. The summed E-state index contributed by atoms with van der Waals surface area (Å²) >= 11 is 0. The number of fused-ring (bicyclic) bond motifs is 1. The summed E-state index contributed by atoms with van der Waals surface area (Å²) in [7, 11) is 0. The minimum Gasteiger partial charge on any atom is -0.347 e. The first kappa shape index (κ1) is 11.8.